The first-order valence-electron chi connectivity index (χ1n) is 6.59. The van der Waals surface area contributed by atoms with Gasteiger partial charge in [-0.05, 0) is 29.2 Å². The van der Waals surface area contributed by atoms with Gasteiger partial charge in [-0.3, -0.25) is 0 Å². The predicted octanol–water partition coefficient (Wildman–Crippen LogP) is 6.33. The van der Waals surface area contributed by atoms with Crippen molar-refractivity contribution in [3.63, 3.8) is 0 Å². The highest BCUT2D eigenvalue weighted by molar-refractivity contribution is 6.58. The zero-order valence-electron chi connectivity index (χ0n) is 11.3. The van der Waals surface area contributed by atoms with Crippen LogP contribution in [-0.4, -0.2) is 0 Å². The molecular weight excluding hydrogens is 287 g/mol. The lowest BCUT2D eigenvalue weighted by molar-refractivity contribution is 1.24. The molecule has 0 saturated heterocycles. The van der Waals surface area contributed by atoms with Gasteiger partial charge in [-0.1, -0.05) is 90.8 Å². The van der Waals surface area contributed by atoms with Crippen molar-refractivity contribution in [3.05, 3.63) is 82.4 Å². The lowest BCUT2D eigenvalue weighted by Crippen LogP contribution is -1.87. The van der Waals surface area contributed by atoms with Crippen molar-refractivity contribution in [2.45, 2.75) is 13.3 Å². The molecule has 2 rings (SSSR count). The first-order valence-corrected chi connectivity index (χ1v) is 7.34. The van der Waals surface area contributed by atoms with Crippen molar-refractivity contribution in [2.24, 2.45) is 0 Å². The molecule has 0 heterocycles. The van der Waals surface area contributed by atoms with Crippen LogP contribution >= 0.6 is 23.2 Å². The molecule has 2 heteroatoms. The average molecular weight is 303 g/mol. The van der Waals surface area contributed by atoms with E-state index >= 15 is 0 Å². The van der Waals surface area contributed by atoms with E-state index in [1.165, 1.54) is 11.1 Å². The van der Waals surface area contributed by atoms with Gasteiger partial charge in [0.05, 0.1) is 0 Å². The van der Waals surface area contributed by atoms with E-state index in [9.17, 15) is 0 Å². The van der Waals surface area contributed by atoms with Crippen molar-refractivity contribution < 1.29 is 0 Å². The zero-order valence-corrected chi connectivity index (χ0v) is 12.8. The smallest absolute Gasteiger partial charge is 0.0702 e. The van der Waals surface area contributed by atoms with E-state index in [4.69, 9.17) is 23.2 Å². The predicted molar refractivity (Wildman–Crippen MR) is 89.8 cm³/mol. The molecule has 0 amide bonds. The van der Waals surface area contributed by atoms with Gasteiger partial charge >= 0.3 is 0 Å². The fourth-order valence-corrected chi connectivity index (χ4v) is 2.41. The topological polar surface area (TPSA) is 0 Å². The van der Waals surface area contributed by atoms with Gasteiger partial charge in [0, 0.05) is 5.57 Å². The fraction of sp³-hybridized carbons (Fsp3) is 0.111. The molecule has 0 radical (unpaired) electrons. The second-order valence-electron chi connectivity index (χ2n) is 4.43. The Hall–Kier alpha value is -1.50. The summed E-state index contributed by atoms with van der Waals surface area (Å²) in [6, 6.07) is 20.2. The monoisotopic (exact) mass is 302 g/mol. The van der Waals surface area contributed by atoms with Crippen LogP contribution in [0, 0.1) is 0 Å². The van der Waals surface area contributed by atoms with Crippen LogP contribution in [0.5, 0.6) is 0 Å². The van der Waals surface area contributed by atoms with E-state index in [1.54, 1.807) is 0 Å². The summed E-state index contributed by atoms with van der Waals surface area (Å²) in [4.78, 5) is 0. The molecule has 2 aromatic carbocycles. The third-order valence-electron chi connectivity index (χ3n) is 3.13. The Kier molecular flexibility index (Phi) is 5.46. The van der Waals surface area contributed by atoms with Gasteiger partial charge in [-0.25, -0.2) is 0 Å². The van der Waals surface area contributed by atoms with Gasteiger partial charge in [0.15, 0.2) is 0 Å². The van der Waals surface area contributed by atoms with Gasteiger partial charge < -0.3 is 0 Å². The van der Waals surface area contributed by atoms with Crippen molar-refractivity contribution in [1.29, 1.82) is 0 Å². The third kappa shape index (κ3) is 3.75. The minimum Gasteiger partial charge on any atom is -0.0702 e. The van der Waals surface area contributed by atoms with Gasteiger partial charge in [-0.2, -0.15) is 0 Å². The van der Waals surface area contributed by atoms with E-state index in [0.29, 0.717) is 0 Å². The lowest BCUT2D eigenvalue weighted by Gasteiger charge is -2.09. The minimum absolute atomic E-state index is 0.290. The van der Waals surface area contributed by atoms with Crippen molar-refractivity contribution >= 4 is 34.3 Å². The Balaban J connectivity index is 2.46. The molecule has 0 atom stereocenters. The normalized spacial score (nSPS) is 11.2. The summed E-state index contributed by atoms with van der Waals surface area (Å²) >= 11 is 12.1. The largest absolute Gasteiger partial charge is 0.114 e. The summed E-state index contributed by atoms with van der Waals surface area (Å²) in [6.07, 6.45) is 2.99. The van der Waals surface area contributed by atoms with Crippen LogP contribution in [0.1, 0.15) is 24.5 Å². The van der Waals surface area contributed by atoms with Gasteiger partial charge in [0.25, 0.3) is 0 Å². The molecule has 0 bridgehead atoms. The Morgan fingerprint density at radius 1 is 0.850 bits per heavy atom. The minimum atomic E-state index is 0.290. The number of rotatable bonds is 4. The Labute approximate surface area is 130 Å². The van der Waals surface area contributed by atoms with Crippen LogP contribution in [0.15, 0.2) is 71.2 Å². The molecule has 2 aromatic rings. The molecule has 0 aliphatic heterocycles. The second-order valence-corrected chi connectivity index (χ2v) is 5.38. The van der Waals surface area contributed by atoms with Crippen LogP contribution in [0.4, 0.5) is 0 Å². The van der Waals surface area contributed by atoms with Crippen LogP contribution in [0.2, 0.25) is 0 Å². The molecule has 0 N–H and O–H groups in total. The highest BCUT2D eigenvalue weighted by Gasteiger charge is 2.06. The van der Waals surface area contributed by atoms with Crippen molar-refractivity contribution in [1.82, 2.24) is 0 Å². The standard InChI is InChI=1S/C18H16Cl2/c1-2-14(15-9-5-3-6-10-15)13-17(18(19)20)16-11-7-4-8-12-16/h3-13H,2H2,1H3. The molecule has 0 aromatic heterocycles. The third-order valence-corrected chi connectivity index (χ3v) is 3.54. The summed E-state index contributed by atoms with van der Waals surface area (Å²) in [5.41, 5.74) is 4.28. The van der Waals surface area contributed by atoms with Crippen LogP contribution in [0.3, 0.4) is 0 Å². The van der Waals surface area contributed by atoms with Gasteiger partial charge in [0.2, 0.25) is 0 Å². The molecule has 0 aliphatic rings. The van der Waals surface area contributed by atoms with E-state index in [-0.39, 0.29) is 4.49 Å². The molecular formula is C18H16Cl2. The summed E-state index contributed by atoms with van der Waals surface area (Å²) in [5.74, 6) is 0. The summed E-state index contributed by atoms with van der Waals surface area (Å²) in [5, 5.41) is 0. The quantitative estimate of drug-likeness (QED) is 0.579. The van der Waals surface area contributed by atoms with E-state index in [0.717, 1.165) is 17.6 Å². The average Bonchev–Trinajstić information content (AvgIpc) is 2.50. The first kappa shape index (κ1) is 14.9. The van der Waals surface area contributed by atoms with Crippen LogP contribution in [-0.2, 0) is 0 Å². The number of allylic oxidation sites excluding steroid dienone is 3. The maximum atomic E-state index is 6.07. The van der Waals surface area contributed by atoms with E-state index in [1.807, 2.05) is 48.5 Å². The molecule has 0 unspecified atom stereocenters. The number of hydrogen-bond donors (Lipinski definition) is 0. The maximum Gasteiger partial charge on any atom is 0.114 e. The summed E-state index contributed by atoms with van der Waals surface area (Å²) in [7, 11) is 0. The zero-order chi connectivity index (χ0) is 14.4. The summed E-state index contributed by atoms with van der Waals surface area (Å²) in [6.45, 7) is 2.13. The first-order chi connectivity index (χ1) is 9.72. The van der Waals surface area contributed by atoms with Crippen LogP contribution < -0.4 is 0 Å². The SMILES string of the molecule is CCC(=CC(=C(Cl)Cl)c1ccccc1)c1ccccc1. The Morgan fingerprint density at radius 3 is 1.80 bits per heavy atom. The molecule has 20 heavy (non-hydrogen) atoms. The van der Waals surface area contributed by atoms with Crippen molar-refractivity contribution in [3.8, 4) is 0 Å². The molecule has 0 saturated carbocycles. The maximum absolute atomic E-state index is 6.07. The summed E-state index contributed by atoms with van der Waals surface area (Å²) < 4.78 is 0.290. The molecule has 0 nitrogen and oxygen atoms in total. The molecule has 102 valence electrons. The van der Waals surface area contributed by atoms with Crippen LogP contribution in [0.25, 0.3) is 11.1 Å². The van der Waals surface area contributed by atoms with E-state index in [2.05, 4.69) is 25.1 Å². The van der Waals surface area contributed by atoms with Crippen molar-refractivity contribution in [2.75, 3.05) is 0 Å². The molecule has 0 fully saturated rings. The second kappa shape index (κ2) is 7.33. The lowest BCUT2D eigenvalue weighted by atomic mass is 9.98. The van der Waals surface area contributed by atoms with Gasteiger partial charge in [0.1, 0.15) is 4.49 Å². The number of halogens is 2. The van der Waals surface area contributed by atoms with Gasteiger partial charge in [-0.15, -0.1) is 0 Å². The Morgan fingerprint density at radius 2 is 1.35 bits per heavy atom. The highest BCUT2D eigenvalue weighted by atomic mass is 35.5. The molecule has 0 spiro atoms. The van der Waals surface area contributed by atoms with E-state index < -0.39 is 0 Å². The number of benzene rings is 2. The fourth-order valence-electron chi connectivity index (χ4n) is 2.08. The Bertz CT molecular complexity index is 606. The number of hydrogen-bond acceptors (Lipinski definition) is 0. The highest BCUT2D eigenvalue weighted by Crippen LogP contribution is 2.30. The molecule has 0 aliphatic carbocycles.